The molecule has 1 aliphatic rings. The third-order valence-corrected chi connectivity index (χ3v) is 6.34. The topological polar surface area (TPSA) is 119 Å². The van der Waals surface area contributed by atoms with Gasteiger partial charge in [0.15, 0.2) is 0 Å². The number of carbonyl (C=O) groups excluding carboxylic acids is 3. The highest BCUT2D eigenvalue weighted by Crippen LogP contribution is 2.30. The number of imide groups is 1. The molecule has 1 N–H and O–H groups in total. The first kappa shape index (κ1) is 24.0. The minimum Gasteiger partial charge on any atom is -0.444 e. The number of anilines is 1. The normalized spacial score (nSPS) is 15.0. The molecule has 0 spiro atoms. The molecular weight excluding hydrogens is 470 g/mol. The maximum atomic E-state index is 12.8. The van der Waals surface area contributed by atoms with E-state index in [2.05, 4.69) is 5.32 Å². The van der Waals surface area contributed by atoms with Crippen LogP contribution in [0.1, 0.15) is 18.4 Å². The molecule has 0 aromatic heterocycles. The number of likely N-dealkylation sites (tertiary alicyclic amines) is 1. The van der Waals surface area contributed by atoms with E-state index in [1.807, 2.05) is 18.2 Å². The van der Waals surface area contributed by atoms with E-state index in [1.165, 1.54) is 23.9 Å². The molecule has 3 amide bonds. The Bertz CT molecular complexity index is 1230. The van der Waals surface area contributed by atoms with Crippen molar-refractivity contribution in [1.29, 1.82) is 0 Å². The van der Waals surface area contributed by atoms with Gasteiger partial charge in [0.1, 0.15) is 12.6 Å². The van der Waals surface area contributed by atoms with Crippen LogP contribution in [0, 0.1) is 10.1 Å². The number of nitrogens with zero attached hydrogens (tertiary/aromatic N) is 2. The van der Waals surface area contributed by atoms with E-state index in [-0.39, 0.29) is 25.1 Å². The summed E-state index contributed by atoms with van der Waals surface area (Å²) in [5.41, 5.74) is 1.32. The van der Waals surface area contributed by atoms with Gasteiger partial charge in [0.05, 0.1) is 4.92 Å². The summed E-state index contributed by atoms with van der Waals surface area (Å²) in [7, 11) is 0. The van der Waals surface area contributed by atoms with E-state index in [4.69, 9.17) is 4.74 Å². The minimum atomic E-state index is -0.945. The minimum absolute atomic E-state index is 0.00564. The molecule has 0 saturated carbocycles. The van der Waals surface area contributed by atoms with Crippen molar-refractivity contribution >= 4 is 41.0 Å². The van der Waals surface area contributed by atoms with Gasteiger partial charge in [0.2, 0.25) is 11.8 Å². The lowest BCUT2D eigenvalue weighted by molar-refractivity contribution is -0.384. The molecule has 1 heterocycles. The van der Waals surface area contributed by atoms with Crippen LogP contribution in [-0.2, 0) is 20.9 Å². The van der Waals surface area contributed by atoms with Crippen molar-refractivity contribution in [1.82, 2.24) is 4.90 Å². The molecule has 1 saturated heterocycles. The van der Waals surface area contributed by atoms with Crippen molar-refractivity contribution in [2.24, 2.45) is 0 Å². The number of rotatable bonds is 7. The number of benzene rings is 3. The summed E-state index contributed by atoms with van der Waals surface area (Å²) in [6.07, 6.45) is -0.533. The zero-order valence-electron chi connectivity index (χ0n) is 18.5. The Labute approximate surface area is 205 Å². The molecule has 178 valence electrons. The fraction of sp³-hybridized carbons (Fsp3) is 0.160. The standard InChI is InChI=1S/C25H21N3O6S/c29-23-15-14-22(27(23)25(31)34-16-17-4-2-1-3-5-17)24(30)26-18-6-10-20(11-7-18)35-21-12-8-19(9-13-21)28(32)33/h1-13,22H,14-16H2,(H,26,30)/t22-/m1/s1. The third-order valence-electron chi connectivity index (χ3n) is 5.32. The fourth-order valence-electron chi connectivity index (χ4n) is 3.55. The van der Waals surface area contributed by atoms with Crippen molar-refractivity contribution in [2.75, 3.05) is 5.32 Å². The molecule has 10 heteroatoms. The van der Waals surface area contributed by atoms with E-state index in [1.54, 1.807) is 48.5 Å². The largest absolute Gasteiger partial charge is 0.444 e. The summed E-state index contributed by atoms with van der Waals surface area (Å²) < 4.78 is 5.25. The predicted molar refractivity (Wildman–Crippen MR) is 129 cm³/mol. The Hall–Kier alpha value is -4.18. The maximum Gasteiger partial charge on any atom is 0.417 e. The lowest BCUT2D eigenvalue weighted by Crippen LogP contribution is -2.45. The Kier molecular flexibility index (Phi) is 7.41. The first-order chi connectivity index (χ1) is 16.9. The summed E-state index contributed by atoms with van der Waals surface area (Å²) in [6, 6.07) is 21.4. The van der Waals surface area contributed by atoms with Gasteiger partial charge in [-0.25, -0.2) is 9.69 Å². The van der Waals surface area contributed by atoms with Gasteiger partial charge in [0, 0.05) is 34.0 Å². The van der Waals surface area contributed by atoms with Crippen LogP contribution in [0.3, 0.4) is 0 Å². The molecule has 0 unspecified atom stereocenters. The number of hydrogen-bond acceptors (Lipinski definition) is 7. The second kappa shape index (κ2) is 10.8. The average Bonchev–Trinajstić information content (AvgIpc) is 3.26. The molecule has 4 rings (SSSR count). The lowest BCUT2D eigenvalue weighted by atomic mass is 10.2. The molecule has 0 aliphatic carbocycles. The maximum absolute atomic E-state index is 12.8. The van der Waals surface area contributed by atoms with E-state index < -0.39 is 28.9 Å². The van der Waals surface area contributed by atoms with Gasteiger partial charge in [-0.2, -0.15) is 0 Å². The first-order valence-corrected chi connectivity index (χ1v) is 11.6. The molecule has 3 aromatic carbocycles. The molecule has 0 bridgehead atoms. The van der Waals surface area contributed by atoms with Crippen molar-refractivity contribution in [3.63, 3.8) is 0 Å². The van der Waals surface area contributed by atoms with Gasteiger partial charge < -0.3 is 10.1 Å². The van der Waals surface area contributed by atoms with Crippen molar-refractivity contribution < 1.29 is 24.0 Å². The smallest absolute Gasteiger partial charge is 0.417 e. The molecule has 35 heavy (non-hydrogen) atoms. The molecule has 1 fully saturated rings. The van der Waals surface area contributed by atoms with E-state index in [0.717, 1.165) is 20.3 Å². The number of carbonyl (C=O) groups is 3. The van der Waals surface area contributed by atoms with Crippen LogP contribution in [0.5, 0.6) is 0 Å². The highest BCUT2D eigenvalue weighted by molar-refractivity contribution is 7.99. The first-order valence-electron chi connectivity index (χ1n) is 10.8. The number of non-ortho nitro benzene ring substituents is 1. The van der Waals surface area contributed by atoms with Crippen LogP contribution < -0.4 is 5.32 Å². The Balaban J connectivity index is 1.35. The highest BCUT2D eigenvalue weighted by Gasteiger charge is 2.41. The quantitative estimate of drug-likeness (QED) is 0.364. The molecule has 3 aromatic rings. The van der Waals surface area contributed by atoms with Crippen LogP contribution in [0.25, 0.3) is 0 Å². The number of ether oxygens (including phenoxy) is 1. The average molecular weight is 492 g/mol. The highest BCUT2D eigenvalue weighted by atomic mass is 32.2. The fourth-order valence-corrected chi connectivity index (χ4v) is 4.37. The van der Waals surface area contributed by atoms with E-state index in [9.17, 15) is 24.5 Å². The summed E-state index contributed by atoms with van der Waals surface area (Å²) >= 11 is 1.42. The summed E-state index contributed by atoms with van der Waals surface area (Å²) in [5, 5.41) is 13.5. The Morgan fingerprint density at radius 2 is 1.63 bits per heavy atom. The molecule has 0 radical (unpaired) electrons. The van der Waals surface area contributed by atoms with Crippen LogP contribution in [0.15, 0.2) is 88.7 Å². The van der Waals surface area contributed by atoms with Gasteiger partial charge in [-0.1, -0.05) is 42.1 Å². The Morgan fingerprint density at radius 1 is 1.00 bits per heavy atom. The number of nitro benzene ring substituents is 1. The summed E-state index contributed by atoms with van der Waals surface area (Å²) in [4.78, 5) is 50.6. The van der Waals surface area contributed by atoms with Crippen LogP contribution in [0.2, 0.25) is 0 Å². The van der Waals surface area contributed by atoms with Crippen molar-refractivity contribution in [3.8, 4) is 0 Å². The van der Waals surface area contributed by atoms with Crippen LogP contribution in [-0.4, -0.2) is 33.8 Å². The second-order valence-corrected chi connectivity index (χ2v) is 8.87. The van der Waals surface area contributed by atoms with Gasteiger partial charge in [-0.05, 0) is 48.4 Å². The lowest BCUT2D eigenvalue weighted by Gasteiger charge is -2.21. The summed E-state index contributed by atoms with van der Waals surface area (Å²) in [5.74, 6) is -0.915. The van der Waals surface area contributed by atoms with Gasteiger partial charge in [0.25, 0.3) is 5.69 Å². The van der Waals surface area contributed by atoms with Gasteiger partial charge >= 0.3 is 6.09 Å². The molecule has 9 nitrogen and oxygen atoms in total. The molecule has 1 atom stereocenters. The van der Waals surface area contributed by atoms with Crippen LogP contribution in [0.4, 0.5) is 16.2 Å². The van der Waals surface area contributed by atoms with E-state index >= 15 is 0 Å². The number of nitro groups is 1. The third kappa shape index (κ3) is 6.04. The molecule has 1 aliphatic heterocycles. The summed E-state index contributed by atoms with van der Waals surface area (Å²) in [6.45, 7) is 0.00564. The van der Waals surface area contributed by atoms with Crippen molar-refractivity contribution in [2.45, 2.75) is 35.3 Å². The second-order valence-electron chi connectivity index (χ2n) is 7.73. The SMILES string of the molecule is O=C(Nc1ccc(Sc2ccc([N+](=O)[O-])cc2)cc1)[C@H]1CCC(=O)N1C(=O)OCc1ccccc1. The van der Waals surface area contributed by atoms with Gasteiger partial charge in [-0.3, -0.25) is 19.7 Å². The zero-order chi connectivity index (χ0) is 24.8. The van der Waals surface area contributed by atoms with Crippen molar-refractivity contribution in [3.05, 3.63) is 94.5 Å². The molecular formula is C25H21N3O6S. The van der Waals surface area contributed by atoms with Gasteiger partial charge in [-0.15, -0.1) is 0 Å². The number of nitrogens with one attached hydrogen (secondary N) is 1. The van der Waals surface area contributed by atoms with Crippen LogP contribution >= 0.6 is 11.8 Å². The number of amides is 3. The van der Waals surface area contributed by atoms with E-state index in [0.29, 0.717) is 5.69 Å². The Morgan fingerprint density at radius 3 is 2.26 bits per heavy atom. The zero-order valence-corrected chi connectivity index (χ0v) is 19.3. The predicted octanol–water partition coefficient (Wildman–Crippen LogP) is 5.01. The monoisotopic (exact) mass is 491 g/mol. The number of hydrogen-bond donors (Lipinski definition) is 1.